The number of rotatable bonds is 3. The van der Waals surface area contributed by atoms with Crippen molar-refractivity contribution in [2.45, 2.75) is 0 Å². The van der Waals surface area contributed by atoms with Crippen LogP contribution in [0.15, 0.2) is 46.9 Å². The Morgan fingerprint density at radius 3 is 2.35 bits per heavy atom. The van der Waals surface area contributed by atoms with Gasteiger partial charge >= 0.3 is 11.8 Å². The second-order valence-corrected chi connectivity index (χ2v) is 5.28. The molecule has 1 amide bonds. The van der Waals surface area contributed by atoms with Crippen molar-refractivity contribution in [2.75, 3.05) is 5.32 Å². The summed E-state index contributed by atoms with van der Waals surface area (Å²) in [5.74, 6) is -1.21. The first kappa shape index (κ1) is 15.5. The summed E-state index contributed by atoms with van der Waals surface area (Å²) >= 11 is 12.0. The average Bonchev–Trinajstić information content (AvgIpc) is 3.02. The van der Waals surface area contributed by atoms with Crippen LogP contribution in [0.4, 0.5) is 10.1 Å². The Hall–Kier alpha value is -2.44. The maximum absolute atomic E-state index is 12.9. The maximum Gasteiger partial charge on any atom is 0.313 e. The molecule has 0 unspecified atom stereocenters. The van der Waals surface area contributed by atoms with Crippen molar-refractivity contribution in [3.63, 3.8) is 0 Å². The molecular weight excluding hydrogens is 344 g/mol. The zero-order valence-corrected chi connectivity index (χ0v) is 12.9. The molecule has 0 aliphatic carbocycles. The summed E-state index contributed by atoms with van der Waals surface area (Å²) in [7, 11) is 0. The van der Waals surface area contributed by atoms with Crippen LogP contribution in [-0.2, 0) is 0 Å². The lowest BCUT2D eigenvalue weighted by atomic mass is 10.2. The molecule has 0 bridgehead atoms. The third kappa shape index (κ3) is 3.33. The molecule has 0 aliphatic heterocycles. The van der Waals surface area contributed by atoms with Crippen molar-refractivity contribution < 1.29 is 13.6 Å². The standard InChI is InChI=1S/C15H8Cl2FN3O2/c16-10-2-1-3-11(17)12(10)19-13(22)15-21-20-14(23-15)8-4-6-9(18)7-5-8/h1-7H,(H,19,22). The third-order valence-corrected chi connectivity index (χ3v) is 3.54. The van der Waals surface area contributed by atoms with Crippen LogP contribution in [0.1, 0.15) is 10.7 Å². The van der Waals surface area contributed by atoms with E-state index in [1.807, 2.05) is 0 Å². The second-order valence-electron chi connectivity index (χ2n) is 4.47. The maximum atomic E-state index is 12.9. The van der Waals surface area contributed by atoms with Gasteiger partial charge in [0.2, 0.25) is 5.89 Å². The SMILES string of the molecule is O=C(Nc1c(Cl)cccc1Cl)c1nnc(-c2ccc(F)cc2)o1. The monoisotopic (exact) mass is 351 g/mol. The van der Waals surface area contributed by atoms with Gasteiger partial charge in [-0.3, -0.25) is 4.79 Å². The molecule has 116 valence electrons. The molecular formula is C15H8Cl2FN3O2. The van der Waals surface area contributed by atoms with Crippen LogP contribution in [-0.4, -0.2) is 16.1 Å². The summed E-state index contributed by atoms with van der Waals surface area (Å²) < 4.78 is 18.2. The number of carbonyl (C=O) groups excluding carboxylic acids is 1. The molecule has 0 aliphatic rings. The van der Waals surface area contributed by atoms with Crippen LogP contribution in [0.25, 0.3) is 11.5 Å². The Balaban J connectivity index is 1.83. The number of hydrogen-bond donors (Lipinski definition) is 1. The van der Waals surface area contributed by atoms with Crippen molar-refractivity contribution in [2.24, 2.45) is 0 Å². The van der Waals surface area contributed by atoms with Crippen LogP contribution in [0.2, 0.25) is 10.0 Å². The normalized spacial score (nSPS) is 10.6. The van der Waals surface area contributed by atoms with E-state index in [-0.39, 0.29) is 33.3 Å². The number of para-hydroxylation sites is 1. The minimum Gasteiger partial charge on any atom is -0.412 e. The van der Waals surface area contributed by atoms with E-state index < -0.39 is 5.91 Å². The summed E-state index contributed by atoms with van der Waals surface area (Å²) in [6.45, 7) is 0. The highest BCUT2D eigenvalue weighted by atomic mass is 35.5. The molecule has 5 nitrogen and oxygen atoms in total. The van der Waals surface area contributed by atoms with Crippen LogP contribution in [0, 0.1) is 5.82 Å². The van der Waals surface area contributed by atoms with Crippen LogP contribution < -0.4 is 5.32 Å². The highest BCUT2D eigenvalue weighted by Gasteiger charge is 2.18. The van der Waals surface area contributed by atoms with Crippen molar-refractivity contribution in [1.29, 1.82) is 0 Å². The van der Waals surface area contributed by atoms with E-state index in [0.717, 1.165) is 0 Å². The smallest absolute Gasteiger partial charge is 0.313 e. The molecule has 0 radical (unpaired) electrons. The number of amides is 1. The molecule has 3 aromatic rings. The molecule has 0 saturated heterocycles. The summed E-state index contributed by atoms with van der Waals surface area (Å²) in [6, 6.07) is 10.3. The minimum atomic E-state index is -0.652. The summed E-state index contributed by atoms with van der Waals surface area (Å²) in [5.41, 5.74) is 0.746. The second kappa shape index (κ2) is 6.36. The number of nitrogens with zero attached hydrogens (tertiary/aromatic N) is 2. The Morgan fingerprint density at radius 1 is 1.04 bits per heavy atom. The number of nitrogens with one attached hydrogen (secondary N) is 1. The fraction of sp³-hybridized carbons (Fsp3) is 0. The molecule has 1 aromatic heterocycles. The number of benzene rings is 2. The van der Waals surface area contributed by atoms with Gasteiger partial charge in [0, 0.05) is 5.56 Å². The quantitative estimate of drug-likeness (QED) is 0.757. The molecule has 0 fully saturated rings. The van der Waals surface area contributed by atoms with E-state index in [2.05, 4.69) is 15.5 Å². The first-order valence-corrected chi connectivity index (χ1v) is 7.15. The first-order valence-electron chi connectivity index (χ1n) is 6.39. The van der Waals surface area contributed by atoms with Crippen molar-refractivity contribution in [3.05, 3.63) is 64.2 Å². The zero-order chi connectivity index (χ0) is 16.4. The van der Waals surface area contributed by atoms with Gasteiger partial charge in [-0.15, -0.1) is 10.2 Å². The van der Waals surface area contributed by atoms with Crippen molar-refractivity contribution in [1.82, 2.24) is 10.2 Å². The summed E-state index contributed by atoms with van der Waals surface area (Å²) in [5, 5.41) is 10.5. The fourth-order valence-corrected chi connectivity index (χ4v) is 2.30. The molecule has 1 N–H and O–H groups in total. The number of halogens is 3. The van der Waals surface area contributed by atoms with E-state index in [4.69, 9.17) is 27.6 Å². The van der Waals surface area contributed by atoms with E-state index in [1.165, 1.54) is 24.3 Å². The number of anilines is 1. The Labute approximate surface area is 140 Å². The van der Waals surface area contributed by atoms with Gasteiger partial charge in [-0.2, -0.15) is 0 Å². The predicted octanol–water partition coefficient (Wildman–Crippen LogP) is 4.43. The molecule has 0 atom stereocenters. The molecule has 23 heavy (non-hydrogen) atoms. The molecule has 2 aromatic carbocycles. The van der Waals surface area contributed by atoms with Crippen molar-refractivity contribution >= 4 is 34.8 Å². The molecule has 8 heteroatoms. The topological polar surface area (TPSA) is 68.0 Å². The Morgan fingerprint density at radius 2 is 1.70 bits per heavy atom. The lowest BCUT2D eigenvalue weighted by Gasteiger charge is -2.06. The van der Waals surface area contributed by atoms with Crippen LogP contribution in [0.3, 0.4) is 0 Å². The lowest BCUT2D eigenvalue weighted by molar-refractivity contribution is 0.0991. The molecule has 3 rings (SSSR count). The van der Waals surface area contributed by atoms with Crippen LogP contribution in [0.5, 0.6) is 0 Å². The first-order chi connectivity index (χ1) is 11.0. The van der Waals surface area contributed by atoms with Gasteiger partial charge in [0.05, 0.1) is 15.7 Å². The van der Waals surface area contributed by atoms with Gasteiger partial charge in [0.15, 0.2) is 0 Å². The number of aromatic nitrogens is 2. The predicted molar refractivity (Wildman–Crippen MR) is 84.1 cm³/mol. The molecule has 0 saturated carbocycles. The summed E-state index contributed by atoms with van der Waals surface area (Å²) in [6.07, 6.45) is 0. The van der Waals surface area contributed by atoms with Crippen LogP contribution >= 0.6 is 23.2 Å². The zero-order valence-electron chi connectivity index (χ0n) is 11.4. The van der Waals surface area contributed by atoms with Gasteiger partial charge in [-0.05, 0) is 36.4 Å². The van der Waals surface area contributed by atoms with Crippen molar-refractivity contribution in [3.8, 4) is 11.5 Å². The van der Waals surface area contributed by atoms with E-state index in [1.54, 1.807) is 18.2 Å². The Bertz CT molecular complexity index is 845. The van der Waals surface area contributed by atoms with Gasteiger partial charge in [0.25, 0.3) is 0 Å². The van der Waals surface area contributed by atoms with Gasteiger partial charge in [0.1, 0.15) is 5.82 Å². The highest BCUT2D eigenvalue weighted by molar-refractivity contribution is 6.39. The summed E-state index contributed by atoms with van der Waals surface area (Å²) in [4.78, 5) is 12.1. The van der Waals surface area contributed by atoms with Gasteiger partial charge < -0.3 is 9.73 Å². The molecule has 1 heterocycles. The molecule has 0 spiro atoms. The van der Waals surface area contributed by atoms with Gasteiger partial charge in [-0.25, -0.2) is 4.39 Å². The number of carbonyl (C=O) groups is 1. The minimum absolute atomic E-state index is 0.0976. The van der Waals surface area contributed by atoms with E-state index >= 15 is 0 Å². The fourth-order valence-electron chi connectivity index (χ4n) is 1.81. The lowest BCUT2D eigenvalue weighted by Crippen LogP contribution is -2.13. The van der Waals surface area contributed by atoms with Gasteiger partial charge in [-0.1, -0.05) is 29.3 Å². The Kier molecular flexibility index (Phi) is 4.27. The highest BCUT2D eigenvalue weighted by Crippen LogP contribution is 2.30. The largest absolute Gasteiger partial charge is 0.412 e. The number of hydrogen-bond acceptors (Lipinski definition) is 4. The third-order valence-electron chi connectivity index (χ3n) is 2.91. The van der Waals surface area contributed by atoms with E-state index in [9.17, 15) is 9.18 Å². The average molecular weight is 352 g/mol. The van der Waals surface area contributed by atoms with E-state index in [0.29, 0.717) is 5.56 Å².